The number of hydrogen-bond donors (Lipinski definition) is 0. The number of pyridine rings is 1. The topological polar surface area (TPSA) is 36.7 Å². The molecule has 0 bridgehead atoms. The number of nitrogens with zero attached hydrogens (tertiary/aromatic N) is 2. The molecule has 1 heterocycles. The van der Waals surface area contributed by atoms with E-state index in [0.29, 0.717) is 12.1 Å². The lowest BCUT2D eigenvalue weighted by Gasteiger charge is -2.04. The molecule has 0 saturated heterocycles. The first-order valence-electron chi connectivity index (χ1n) is 2.89. The van der Waals surface area contributed by atoms with E-state index in [1.54, 1.807) is 0 Å². The highest BCUT2D eigenvalue weighted by molar-refractivity contribution is 5.26. The number of aromatic nitrogens is 1. The van der Waals surface area contributed by atoms with Crippen molar-refractivity contribution in [3.8, 4) is 6.07 Å². The molecule has 12 heavy (non-hydrogen) atoms. The maximum Gasteiger partial charge on any atom is 0.416 e. The van der Waals surface area contributed by atoms with Crippen LogP contribution in [0.4, 0.5) is 13.2 Å². The summed E-state index contributed by atoms with van der Waals surface area (Å²) in [7, 11) is 0. The Bertz CT molecular complexity index is 324. The Morgan fingerprint density at radius 3 is 2.67 bits per heavy atom. The summed E-state index contributed by atoms with van der Waals surface area (Å²) >= 11 is 0. The number of nitriles is 1. The van der Waals surface area contributed by atoms with Crippen molar-refractivity contribution in [2.45, 2.75) is 6.18 Å². The van der Waals surface area contributed by atoms with Gasteiger partial charge in [0.05, 0.1) is 11.8 Å². The first-order chi connectivity index (χ1) is 5.54. The number of hydrogen-bond acceptors (Lipinski definition) is 2. The predicted octanol–water partition coefficient (Wildman–Crippen LogP) is 1.77. The highest BCUT2D eigenvalue weighted by atomic mass is 19.4. The average molecular weight is 171 g/mol. The molecule has 1 aromatic rings. The third kappa shape index (κ3) is 1.72. The van der Waals surface area contributed by atoms with Crippen LogP contribution in [0.3, 0.4) is 0 Å². The van der Waals surface area contributed by atoms with E-state index >= 15 is 0 Å². The molecule has 0 amide bonds. The fraction of sp³-hybridized carbons (Fsp3) is 0.143. The molecule has 0 N–H and O–H groups in total. The molecule has 2 nitrogen and oxygen atoms in total. The predicted molar refractivity (Wildman–Crippen MR) is 32.8 cm³/mol. The summed E-state index contributed by atoms with van der Waals surface area (Å²) in [4.78, 5) is 3.29. The van der Waals surface area contributed by atoms with Crippen LogP contribution < -0.4 is 0 Å². The van der Waals surface area contributed by atoms with Gasteiger partial charge in [-0.3, -0.25) is 0 Å². The minimum Gasteiger partial charge on any atom is -0.235 e. The van der Waals surface area contributed by atoms with Crippen molar-refractivity contribution in [1.29, 1.82) is 5.26 Å². The Hall–Kier alpha value is -1.57. The van der Waals surface area contributed by atoms with Crippen molar-refractivity contribution in [1.82, 2.24) is 4.98 Å². The van der Waals surface area contributed by atoms with Gasteiger partial charge in [-0.25, -0.2) is 4.98 Å². The van der Waals surface area contributed by atoms with Crippen LogP contribution >= 0.6 is 0 Å². The Balaban J connectivity index is 3.13. The zero-order chi connectivity index (χ0) is 9.19. The van der Waals surface area contributed by atoms with E-state index < -0.39 is 11.7 Å². The van der Waals surface area contributed by atoms with E-state index in [1.807, 2.05) is 6.20 Å². The summed E-state index contributed by atoms with van der Waals surface area (Å²) in [6, 6.07) is 2.87. The molecule has 0 atom stereocenters. The van der Waals surface area contributed by atoms with Gasteiger partial charge < -0.3 is 0 Å². The Labute approximate surface area is 66.3 Å². The standard InChI is InChI=1S/C7H2F3N2/c8-7(9,10)5-1-2-12-6(3-5)4-11/h1,3H. The SMILES string of the molecule is N#Cc1cc(C(F)(F)F)c[c]n1. The molecule has 0 saturated carbocycles. The van der Waals surface area contributed by atoms with E-state index in [1.165, 1.54) is 6.07 Å². The van der Waals surface area contributed by atoms with Gasteiger partial charge in [-0.2, -0.15) is 18.4 Å². The maximum absolute atomic E-state index is 11.9. The van der Waals surface area contributed by atoms with Crippen LogP contribution in [0.1, 0.15) is 11.3 Å². The molecule has 0 fully saturated rings. The van der Waals surface area contributed by atoms with Gasteiger partial charge in [0.1, 0.15) is 11.8 Å². The fourth-order valence-electron chi connectivity index (χ4n) is 0.614. The molecule has 1 aromatic heterocycles. The fourth-order valence-corrected chi connectivity index (χ4v) is 0.614. The highest BCUT2D eigenvalue weighted by Crippen LogP contribution is 2.28. The Kier molecular flexibility index (Phi) is 2.00. The molecule has 0 aliphatic heterocycles. The normalized spacial score (nSPS) is 10.8. The zero-order valence-electron chi connectivity index (χ0n) is 5.68. The van der Waals surface area contributed by atoms with E-state index in [-0.39, 0.29) is 5.69 Å². The molecule has 0 unspecified atom stereocenters. The van der Waals surface area contributed by atoms with Crippen LogP contribution in [-0.2, 0) is 6.18 Å². The van der Waals surface area contributed by atoms with Gasteiger partial charge >= 0.3 is 6.18 Å². The third-order valence-corrected chi connectivity index (χ3v) is 1.14. The second-order valence-electron chi connectivity index (χ2n) is 1.98. The van der Waals surface area contributed by atoms with E-state index in [0.717, 1.165) is 0 Å². The molecular weight excluding hydrogens is 169 g/mol. The van der Waals surface area contributed by atoms with Crippen molar-refractivity contribution in [3.63, 3.8) is 0 Å². The maximum atomic E-state index is 11.9. The molecule has 0 aliphatic rings. The lowest BCUT2D eigenvalue weighted by atomic mass is 10.2. The summed E-state index contributed by atoms with van der Waals surface area (Å²) < 4.78 is 35.8. The highest BCUT2D eigenvalue weighted by Gasteiger charge is 2.30. The van der Waals surface area contributed by atoms with E-state index in [9.17, 15) is 13.2 Å². The van der Waals surface area contributed by atoms with Crippen LogP contribution in [0.2, 0.25) is 0 Å². The monoisotopic (exact) mass is 171 g/mol. The van der Waals surface area contributed by atoms with Crippen molar-refractivity contribution in [3.05, 3.63) is 29.6 Å². The molecule has 1 radical (unpaired) electrons. The number of rotatable bonds is 0. The van der Waals surface area contributed by atoms with Gasteiger partial charge in [-0.1, -0.05) is 0 Å². The van der Waals surface area contributed by atoms with Crippen LogP contribution in [0, 0.1) is 17.5 Å². The minimum atomic E-state index is -4.44. The second-order valence-corrected chi connectivity index (χ2v) is 1.98. The van der Waals surface area contributed by atoms with Gasteiger partial charge in [-0.05, 0) is 12.1 Å². The summed E-state index contributed by atoms with van der Waals surface area (Å²) in [5, 5.41) is 8.23. The summed E-state index contributed by atoms with van der Waals surface area (Å²) in [5.74, 6) is 0. The van der Waals surface area contributed by atoms with Gasteiger partial charge in [0.25, 0.3) is 0 Å². The van der Waals surface area contributed by atoms with Crippen molar-refractivity contribution in [2.24, 2.45) is 0 Å². The molecule has 0 spiro atoms. The summed E-state index contributed by atoms with van der Waals surface area (Å²) in [6.07, 6.45) is -2.44. The van der Waals surface area contributed by atoms with Crippen LogP contribution in [0.25, 0.3) is 0 Å². The molecule has 5 heteroatoms. The average Bonchev–Trinajstić information content (AvgIpc) is 2.03. The first-order valence-corrected chi connectivity index (χ1v) is 2.89. The lowest BCUT2D eigenvalue weighted by molar-refractivity contribution is -0.137. The van der Waals surface area contributed by atoms with Gasteiger partial charge in [-0.15, -0.1) is 0 Å². The van der Waals surface area contributed by atoms with Crippen LogP contribution in [-0.4, -0.2) is 4.98 Å². The van der Waals surface area contributed by atoms with Crippen LogP contribution in [0.15, 0.2) is 12.1 Å². The van der Waals surface area contributed by atoms with Crippen molar-refractivity contribution in [2.75, 3.05) is 0 Å². The van der Waals surface area contributed by atoms with Crippen LogP contribution in [0.5, 0.6) is 0 Å². The minimum absolute atomic E-state index is 0.287. The Morgan fingerprint density at radius 2 is 2.17 bits per heavy atom. The smallest absolute Gasteiger partial charge is 0.235 e. The number of halogens is 3. The molecule has 0 aliphatic carbocycles. The number of alkyl halides is 3. The van der Waals surface area contributed by atoms with E-state index in [4.69, 9.17) is 5.26 Å². The van der Waals surface area contributed by atoms with Gasteiger partial charge in [0.15, 0.2) is 0 Å². The summed E-state index contributed by atoms with van der Waals surface area (Å²) in [5.41, 5.74) is -1.20. The quantitative estimate of drug-likeness (QED) is 0.596. The van der Waals surface area contributed by atoms with E-state index in [2.05, 4.69) is 4.98 Å². The molecule has 61 valence electrons. The van der Waals surface area contributed by atoms with Crippen molar-refractivity contribution < 1.29 is 13.2 Å². The Morgan fingerprint density at radius 1 is 1.50 bits per heavy atom. The second kappa shape index (κ2) is 2.81. The van der Waals surface area contributed by atoms with Gasteiger partial charge in [0, 0.05) is 0 Å². The largest absolute Gasteiger partial charge is 0.416 e. The third-order valence-electron chi connectivity index (χ3n) is 1.14. The zero-order valence-corrected chi connectivity index (χ0v) is 5.68. The molecule has 0 aromatic carbocycles. The molecular formula is C7H2F3N2. The van der Waals surface area contributed by atoms with Crippen molar-refractivity contribution >= 4 is 0 Å². The molecule has 1 rings (SSSR count). The first kappa shape index (κ1) is 8.53. The summed E-state index contributed by atoms with van der Waals surface area (Å²) in [6.45, 7) is 0. The van der Waals surface area contributed by atoms with Gasteiger partial charge in [0.2, 0.25) is 0 Å². The lowest BCUT2D eigenvalue weighted by Crippen LogP contribution is -2.05.